The Hall–Kier alpha value is -2.18. The fraction of sp³-hybridized carbons (Fsp3) is 0.350. The van der Waals surface area contributed by atoms with Crippen LogP contribution in [0.2, 0.25) is 0 Å². The van der Waals surface area contributed by atoms with Gasteiger partial charge in [0.1, 0.15) is 0 Å². The fourth-order valence-electron chi connectivity index (χ4n) is 3.29. The quantitative estimate of drug-likeness (QED) is 0.875. The normalized spacial score (nSPS) is 18.4. The number of carbonyl (C=O) groups is 1. The number of sulfonamides is 1. The number of benzene rings is 2. The first kappa shape index (κ1) is 18.6. The smallest absolute Gasteiger partial charge is 0.228 e. The summed E-state index contributed by atoms with van der Waals surface area (Å²) >= 11 is 0. The molecule has 1 atom stereocenters. The molecular weight excluding hydrogens is 348 g/mol. The summed E-state index contributed by atoms with van der Waals surface area (Å²) in [6.07, 6.45) is 1.41. The van der Waals surface area contributed by atoms with E-state index in [0.717, 1.165) is 16.8 Å². The molecule has 1 aliphatic heterocycles. The summed E-state index contributed by atoms with van der Waals surface area (Å²) in [6, 6.07) is 17.6. The van der Waals surface area contributed by atoms with Crippen molar-refractivity contribution in [2.24, 2.45) is 5.92 Å². The molecule has 138 valence electrons. The Morgan fingerprint density at radius 3 is 2.54 bits per heavy atom. The van der Waals surface area contributed by atoms with Gasteiger partial charge in [0.25, 0.3) is 0 Å². The molecule has 1 saturated heterocycles. The fourth-order valence-corrected chi connectivity index (χ4v) is 4.47. The van der Waals surface area contributed by atoms with Crippen LogP contribution in [0, 0.1) is 5.92 Å². The molecule has 0 aromatic heterocycles. The first-order valence-corrected chi connectivity index (χ1v) is 10.6. The first-order chi connectivity index (χ1) is 12.5. The Kier molecular flexibility index (Phi) is 5.74. The second-order valence-electron chi connectivity index (χ2n) is 6.50. The minimum absolute atomic E-state index is 0.0676. The Morgan fingerprint density at radius 1 is 1.12 bits per heavy atom. The number of nitrogens with zero attached hydrogens (tertiary/aromatic N) is 1. The van der Waals surface area contributed by atoms with E-state index in [4.69, 9.17) is 0 Å². The molecule has 1 N–H and O–H groups in total. The third kappa shape index (κ3) is 4.14. The van der Waals surface area contributed by atoms with Crippen LogP contribution in [-0.4, -0.2) is 37.5 Å². The molecule has 3 rings (SSSR count). The minimum Gasteiger partial charge on any atom is -0.325 e. The molecule has 0 radical (unpaired) electrons. The molecule has 1 fully saturated rings. The highest BCUT2D eigenvalue weighted by atomic mass is 32.2. The molecule has 2 aromatic carbocycles. The van der Waals surface area contributed by atoms with Gasteiger partial charge in [-0.25, -0.2) is 12.7 Å². The number of piperidine rings is 1. The number of nitrogens with one attached hydrogen (secondary N) is 1. The molecular formula is C20H24N2O3S. The van der Waals surface area contributed by atoms with Gasteiger partial charge in [-0.2, -0.15) is 0 Å². The van der Waals surface area contributed by atoms with Crippen molar-refractivity contribution >= 4 is 21.6 Å². The highest BCUT2D eigenvalue weighted by molar-refractivity contribution is 7.89. The van der Waals surface area contributed by atoms with Crippen molar-refractivity contribution in [3.8, 4) is 11.1 Å². The Bertz CT molecular complexity index is 866. The summed E-state index contributed by atoms with van der Waals surface area (Å²) in [5, 5.41) is 3.01. The topological polar surface area (TPSA) is 66.5 Å². The van der Waals surface area contributed by atoms with Gasteiger partial charge in [0.15, 0.2) is 0 Å². The van der Waals surface area contributed by atoms with Crippen LogP contribution in [0.4, 0.5) is 5.69 Å². The Balaban J connectivity index is 1.77. The van der Waals surface area contributed by atoms with Crippen LogP contribution in [0.5, 0.6) is 0 Å². The predicted molar refractivity (Wildman–Crippen MR) is 104 cm³/mol. The van der Waals surface area contributed by atoms with Gasteiger partial charge in [-0.3, -0.25) is 4.79 Å². The molecule has 1 aliphatic rings. The molecule has 5 nitrogen and oxygen atoms in total. The average molecular weight is 372 g/mol. The van der Waals surface area contributed by atoms with Crippen LogP contribution in [0.15, 0.2) is 54.6 Å². The van der Waals surface area contributed by atoms with Crippen molar-refractivity contribution < 1.29 is 13.2 Å². The van der Waals surface area contributed by atoms with E-state index in [1.54, 1.807) is 6.92 Å². The Labute approximate surface area is 155 Å². The lowest BCUT2D eigenvalue weighted by atomic mass is 9.98. The summed E-state index contributed by atoms with van der Waals surface area (Å²) in [7, 11) is -3.26. The number of amides is 1. The van der Waals surface area contributed by atoms with Gasteiger partial charge in [-0.1, -0.05) is 48.5 Å². The monoisotopic (exact) mass is 372 g/mol. The highest BCUT2D eigenvalue weighted by Crippen LogP contribution is 2.29. The summed E-state index contributed by atoms with van der Waals surface area (Å²) in [4.78, 5) is 12.8. The second kappa shape index (κ2) is 8.01. The standard InChI is InChI=1S/C20H24N2O3S/c1-2-26(24,25)22-14-8-11-17(15-22)20(23)21-19-13-7-6-12-18(19)16-9-4-3-5-10-16/h3-7,9-10,12-13,17H,2,8,11,14-15H2,1H3,(H,21,23). The number of rotatable bonds is 5. The molecule has 0 spiro atoms. The van der Waals surface area contributed by atoms with E-state index in [0.29, 0.717) is 19.4 Å². The summed E-state index contributed by atoms with van der Waals surface area (Å²) in [6.45, 7) is 2.39. The number of carbonyl (C=O) groups excluding carboxylic acids is 1. The molecule has 0 saturated carbocycles. The van der Waals surface area contributed by atoms with Crippen LogP contribution in [0.1, 0.15) is 19.8 Å². The maximum atomic E-state index is 12.8. The summed E-state index contributed by atoms with van der Waals surface area (Å²) in [5.41, 5.74) is 2.73. The van der Waals surface area contributed by atoms with Crippen molar-refractivity contribution in [3.63, 3.8) is 0 Å². The van der Waals surface area contributed by atoms with Gasteiger partial charge in [-0.05, 0) is 31.4 Å². The molecule has 1 unspecified atom stereocenters. The molecule has 26 heavy (non-hydrogen) atoms. The van der Waals surface area contributed by atoms with E-state index in [-0.39, 0.29) is 24.1 Å². The van der Waals surface area contributed by atoms with Gasteiger partial charge in [0.2, 0.25) is 15.9 Å². The van der Waals surface area contributed by atoms with E-state index in [1.807, 2.05) is 54.6 Å². The van der Waals surface area contributed by atoms with E-state index in [1.165, 1.54) is 4.31 Å². The van der Waals surface area contributed by atoms with Crippen molar-refractivity contribution in [2.45, 2.75) is 19.8 Å². The number of anilines is 1. The number of hydrogen-bond donors (Lipinski definition) is 1. The maximum Gasteiger partial charge on any atom is 0.228 e. The van der Waals surface area contributed by atoms with Gasteiger partial charge < -0.3 is 5.32 Å². The van der Waals surface area contributed by atoms with Crippen molar-refractivity contribution in [1.82, 2.24) is 4.31 Å². The molecule has 1 amide bonds. The van der Waals surface area contributed by atoms with E-state index < -0.39 is 10.0 Å². The number of para-hydroxylation sites is 1. The molecule has 0 bridgehead atoms. The average Bonchev–Trinajstić information content (AvgIpc) is 2.69. The molecule has 1 heterocycles. The van der Waals surface area contributed by atoms with E-state index in [2.05, 4.69) is 5.32 Å². The summed E-state index contributed by atoms with van der Waals surface area (Å²) in [5.74, 6) is -0.378. The van der Waals surface area contributed by atoms with E-state index in [9.17, 15) is 13.2 Å². The maximum absolute atomic E-state index is 12.8. The molecule has 2 aromatic rings. The van der Waals surface area contributed by atoms with Gasteiger partial charge in [-0.15, -0.1) is 0 Å². The third-order valence-corrected chi connectivity index (χ3v) is 6.63. The zero-order chi connectivity index (χ0) is 18.6. The lowest BCUT2D eigenvalue weighted by Crippen LogP contribution is -2.44. The van der Waals surface area contributed by atoms with Crippen LogP contribution in [0.25, 0.3) is 11.1 Å². The highest BCUT2D eigenvalue weighted by Gasteiger charge is 2.31. The lowest BCUT2D eigenvalue weighted by molar-refractivity contribution is -0.120. The van der Waals surface area contributed by atoms with E-state index >= 15 is 0 Å². The van der Waals surface area contributed by atoms with Crippen molar-refractivity contribution in [2.75, 3.05) is 24.2 Å². The Morgan fingerprint density at radius 2 is 1.81 bits per heavy atom. The zero-order valence-electron chi connectivity index (χ0n) is 14.9. The predicted octanol–water partition coefficient (Wildman–Crippen LogP) is 3.35. The first-order valence-electron chi connectivity index (χ1n) is 8.94. The van der Waals surface area contributed by atoms with Crippen LogP contribution < -0.4 is 5.32 Å². The van der Waals surface area contributed by atoms with Crippen LogP contribution in [-0.2, 0) is 14.8 Å². The van der Waals surface area contributed by atoms with Gasteiger partial charge >= 0.3 is 0 Å². The summed E-state index contributed by atoms with van der Waals surface area (Å²) < 4.78 is 25.7. The lowest BCUT2D eigenvalue weighted by Gasteiger charge is -2.31. The third-order valence-electron chi connectivity index (χ3n) is 4.78. The number of hydrogen-bond acceptors (Lipinski definition) is 3. The van der Waals surface area contributed by atoms with Crippen molar-refractivity contribution in [3.05, 3.63) is 54.6 Å². The minimum atomic E-state index is -3.26. The zero-order valence-corrected chi connectivity index (χ0v) is 15.7. The van der Waals surface area contributed by atoms with Crippen LogP contribution >= 0.6 is 0 Å². The molecule has 0 aliphatic carbocycles. The van der Waals surface area contributed by atoms with Gasteiger partial charge in [0.05, 0.1) is 11.7 Å². The van der Waals surface area contributed by atoms with Crippen LogP contribution in [0.3, 0.4) is 0 Å². The molecule has 6 heteroatoms. The van der Waals surface area contributed by atoms with Gasteiger partial charge in [0, 0.05) is 24.3 Å². The van der Waals surface area contributed by atoms with Crippen molar-refractivity contribution in [1.29, 1.82) is 0 Å². The largest absolute Gasteiger partial charge is 0.325 e. The SMILES string of the molecule is CCS(=O)(=O)N1CCCC(C(=O)Nc2ccccc2-c2ccccc2)C1. The second-order valence-corrected chi connectivity index (χ2v) is 8.76.